The Hall–Kier alpha value is -0.890. The lowest BCUT2D eigenvalue weighted by Crippen LogP contribution is -2.68. The molecule has 43 heavy (non-hydrogen) atoms. The number of rotatable bonds is 16. The van der Waals surface area contributed by atoms with Gasteiger partial charge >= 0.3 is 6.16 Å². The number of hydrogen-bond donors (Lipinski definition) is 0. The lowest BCUT2D eigenvalue weighted by molar-refractivity contribution is -0.384. The number of nitrogens with zero attached hydrogens (tertiary/aromatic N) is 1. The summed E-state index contributed by atoms with van der Waals surface area (Å²) in [7, 11) is 0. The number of carbonyl (C=O) groups excluding carboxylic acids is 1. The number of hydrogen-bond acceptors (Lipinski definition) is 7. The Morgan fingerprint density at radius 3 is 1.86 bits per heavy atom. The van der Waals surface area contributed by atoms with Crippen LogP contribution in [0.4, 0.5) is 4.79 Å². The molecule has 0 amide bonds. The molecule has 1 aliphatic carbocycles. The first-order valence-electron chi connectivity index (χ1n) is 17.9. The second-order valence-corrected chi connectivity index (χ2v) is 15.7. The van der Waals surface area contributed by atoms with Crippen molar-refractivity contribution >= 4 is 6.16 Å². The van der Waals surface area contributed by atoms with Crippen LogP contribution in [0.1, 0.15) is 158 Å². The van der Waals surface area contributed by atoms with Crippen LogP contribution in [0.25, 0.3) is 0 Å². The largest absolute Gasteiger partial charge is 0.508 e. The Kier molecular flexibility index (Phi) is 14.1. The van der Waals surface area contributed by atoms with Crippen LogP contribution in [-0.2, 0) is 23.8 Å². The molecule has 1 saturated carbocycles. The second-order valence-electron chi connectivity index (χ2n) is 15.7. The second kappa shape index (κ2) is 16.6. The van der Waals surface area contributed by atoms with Crippen molar-refractivity contribution in [2.24, 2.45) is 17.3 Å². The summed E-state index contributed by atoms with van der Waals surface area (Å²) in [5.74, 6) is 0.752. The Balaban J connectivity index is 1.42. The topological polar surface area (TPSA) is 66.5 Å². The molecule has 0 unspecified atom stereocenters. The van der Waals surface area contributed by atoms with Crippen molar-refractivity contribution in [3.63, 3.8) is 0 Å². The van der Waals surface area contributed by atoms with Crippen LogP contribution < -0.4 is 0 Å². The Labute approximate surface area is 264 Å². The van der Waals surface area contributed by atoms with Crippen molar-refractivity contribution in [3.05, 3.63) is 0 Å². The number of ether oxygens (including phenoxy) is 4. The molecule has 0 aromatic heterocycles. The van der Waals surface area contributed by atoms with Crippen molar-refractivity contribution in [2.45, 2.75) is 181 Å². The third-order valence-corrected chi connectivity index (χ3v) is 10.4. The van der Waals surface area contributed by atoms with Crippen LogP contribution in [0.15, 0.2) is 0 Å². The maximum absolute atomic E-state index is 12.6. The van der Waals surface area contributed by atoms with Gasteiger partial charge in [0.25, 0.3) is 0 Å². The molecule has 3 rings (SSSR count). The molecule has 0 aromatic rings. The molecule has 0 radical (unpaired) electrons. The fraction of sp³-hybridized carbons (Fsp3) is 0.972. The summed E-state index contributed by atoms with van der Waals surface area (Å²) in [6.07, 6.45) is 17.5. The minimum Gasteiger partial charge on any atom is -0.434 e. The van der Waals surface area contributed by atoms with E-state index in [1.807, 2.05) is 0 Å². The van der Waals surface area contributed by atoms with Gasteiger partial charge in [0.15, 0.2) is 5.79 Å². The van der Waals surface area contributed by atoms with Crippen molar-refractivity contribution in [1.82, 2.24) is 5.06 Å². The monoisotopic (exact) mass is 609 g/mol. The fourth-order valence-corrected chi connectivity index (χ4v) is 7.76. The van der Waals surface area contributed by atoms with Crippen LogP contribution in [-0.4, -0.2) is 60.6 Å². The smallest absolute Gasteiger partial charge is 0.434 e. The van der Waals surface area contributed by atoms with E-state index >= 15 is 0 Å². The third kappa shape index (κ3) is 10.9. The first-order valence-corrected chi connectivity index (χ1v) is 17.9. The first kappa shape index (κ1) is 36.6. The van der Waals surface area contributed by atoms with Gasteiger partial charge < -0.3 is 18.9 Å². The van der Waals surface area contributed by atoms with E-state index in [4.69, 9.17) is 23.8 Å². The van der Waals surface area contributed by atoms with Crippen LogP contribution in [0.5, 0.6) is 0 Å². The Bertz CT molecular complexity index is 791. The zero-order valence-electron chi connectivity index (χ0n) is 29.3. The molecule has 1 spiro atoms. The van der Waals surface area contributed by atoms with E-state index in [9.17, 15) is 4.79 Å². The summed E-state index contributed by atoms with van der Waals surface area (Å²) in [5, 5.41) is 2.21. The highest BCUT2D eigenvalue weighted by Gasteiger charge is 2.57. The number of unbranched alkanes of at least 4 members (excludes halogenated alkanes) is 8. The van der Waals surface area contributed by atoms with E-state index in [0.29, 0.717) is 19.1 Å². The van der Waals surface area contributed by atoms with Crippen LogP contribution in [0.2, 0.25) is 0 Å². The highest BCUT2D eigenvalue weighted by molar-refractivity contribution is 5.60. The molecule has 2 saturated heterocycles. The first-order chi connectivity index (χ1) is 20.4. The Morgan fingerprint density at radius 1 is 0.814 bits per heavy atom. The summed E-state index contributed by atoms with van der Waals surface area (Å²) in [6, 6.07) is 0. The van der Waals surface area contributed by atoms with E-state index in [0.717, 1.165) is 63.9 Å². The summed E-state index contributed by atoms with van der Waals surface area (Å²) in [6.45, 7) is 19.9. The fourth-order valence-electron chi connectivity index (χ4n) is 7.76. The molecule has 7 heteroatoms. The average Bonchev–Trinajstić information content (AvgIpc) is 2.95. The number of carbonyl (C=O) groups is 1. The maximum Gasteiger partial charge on any atom is 0.508 e. The SMILES string of the molecule is CCCCCCCCCCCON1C(C)(C)CC2(CC1(C)C)OCC(CC)(COC(=O)OC1CCC(C(C)C)CC1)CO2. The lowest BCUT2D eigenvalue weighted by Gasteiger charge is -2.59. The standard InChI is InChI=1S/C36H67NO6/c1-9-11-12-13-14-15-16-17-18-23-42-37-33(5,6)24-36(25-34(37,7)8)40-27-35(10-2,28-41-36)26-39-32(38)43-31-21-19-30(20-22-31)29(3)4/h29-31H,9-28H2,1-8H3. The van der Waals surface area contributed by atoms with Crippen molar-refractivity contribution in [2.75, 3.05) is 26.4 Å². The summed E-state index contributed by atoms with van der Waals surface area (Å²) in [5.41, 5.74) is -0.859. The third-order valence-electron chi connectivity index (χ3n) is 10.4. The van der Waals surface area contributed by atoms with Gasteiger partial charge in [0, 0.05) is 23.9 Å². The predicted molar refractivity (Wildman–Crippen MR) is 173 cm³/mol. The van der Waals surface area contributed by atoms with E-state index in [1.54, 1.807) is 0 Å². The quantitative estimate of drug-likeness (QED) is 0.127. The highest BCUT2D eigenvalue weighted by Crippen LogP contribution is 2.49. The molecule has 2 heterocycles. The lowest BCUT2D eigenvalue weighted by atomic mass is 9.76. The van der Waals surface area contributed by atoms with Gasteiger partial charge in [-0.2, -0.15) is 5.06 Å². The van der Waals surface area contributed by atoms with E-state index in [1.165, 1.54) is 51.4 Å². The van der Waals surface area contributed by atoms with Gasteiger partial charge in [0.05, 0.1) is 25.2 Å². The van der Waals surface area contributed by atoms with Crippen LogP contribution in [0, 0.1) is 17.3 Å². The van der Waals surface area contributed by atoms with Gasteiger partial charge in [-0.05, 0) is 78.1 Å². The maximum atomic E-state index is 12.6. The van der Waals surface area contributed by atoms with Gasteiger partial charge in [0.1, 0.15) is 12.7 Å². The summed E-state index contributed by atoms with van der Waals surface area (Å²) in [4.78, 5) is 19.1. The highest BCUT2D eigenvalue weighted by atomic mass is 16.7. The molecule has 0 atom stereocenters. The molecule has 252 valence electrons. The van der Waals surface area contributed by atoms with Crippen molar-refractivity contribution in [1.29, 1.82) is 0 Å². The predicted octanol–water partition coefficient (Wildman–Crippen LogP) is 9.61. The average molecular weight is 610 g/mol. The zero-order chi connectivity index (χ0) is 31.6. The molecular formula is C36H67NO6. The molecular weight excluding hydrogens is 542 g/mol. The number of piperidine rings is 1. The van der Waals surface area contributed by atoms with Gasteiger partial charge in [-0.3, -0.25) is 4.84 Å². The molecule has 3 aliphatic rings. The summed E-state index contributed by atoms with van der Waals surface area (Å²) < 4.78 is 24.6. The molecule has 0 bridgehead atoms. The zero-order valence-corrected chi connectivity index (χ0v) is 29.3. The molecule has 2 aliphatic heterocycles. The Morgan fingerprint density at radius 2 is 1.35 bits per heavy atom. The van der Waals surface area contributed by atoms with Gasteiger partial charge in [-0.25, -0.2) is 4.79 Å². The van der Waals surface area contributed by atoms with Gasteiger partial charge in [-0.15, -0.1) is 0 Å². The van der Waals surface area contributed by atoms with E-state index < -0.39 is 11.9 Å². The number of hydroxylamine groups is 2. The summed E-state index contributed by atoms with van der Waals surface area (Å²) >= 11 is 0. The van der Waals surface area contributed by atoms with Crippen LogP contribution in [0.3, 0.4) is 0 Å². The van der Waals surface area contributed by atoms with E-state index in [2.05, 4.69) is 60.5 Å². The van der Waals surface area contributed by atoms with Gasteiger partial charge in [0.2, 0.25) is 0 Å². The minimum atomic E-state index is -0.668. The molecule has 3 fully saturated rings. The minimum absolute atomic E-state index is 0.0283. The van der Waals surface area contributed by atoms with Crippen LogP contribution >= 0.6 is 0 Å². The van der Waals surface area contributed by atoms with Crippen molar-refractivity contribution in [3.8, 4) is 0 Å². The molecule has 0 aromatic carbocycles. The normalized spacial score (nSPS) is 26.4. The van der Waals surface area contributed by atoms with E-state index in [-0.39, 0.29) is 29.2 Å². The van der Waals surface area contributed by atoms with Crippen molar-refractivity contribution < 1.29 is 28.6 Å². The van der Waals surface area contributed by atoms with Gasteiger partial charge in [-0.1, -0.05) is 79.1 Å². The molecule has 7 nitrogen and oxygen atoms in total. The molecule has 0 N–H and O–H groups in total.